The second kappa shape index (κ2) is 5.83. The molecule has 0 aromatic rings. The fourth-order valence-corrected chi connectivity index (χ4v) is 1.75. The number of likely N-dealkylation sites (N-methyl/N-ethyl adjacent to an activating group) is 1. The van der Waals surface area contributed by atoms with Crippen molar-refractivity contribution >= 4 is 0 Å². The number of ether oxygens (including phenoxy) is 1. The molecule has 0 radical (unpaired) electrons. The predicted molar refractivity (Wildman–Crippen MR) is 64.2 cm³/mol. The van der Waals surface area contributed by atoms with E-state index in [1.807, 2.05) is 0 Å². The van der Waals surface area contributed by atoms with Gasteiger partial charge in [0, 0.05) is 31.3 Å². The van der Waals surface area contributed by atoms with Crippen molar-refractivity contribution in [2.75, 3.05) is 33.4 Å². The van der Waals surface area contributed by atoms with Gasteiger partial charge >= 0.3 is 0 Å². The molecule has 1 aliphatic rings. The highest BCUT2D eigenvalue weighted by atomic mass is 16.5. The van der Waals surface area contributed by atoms with Gasteiger partial charge < -0.3 is 10.1 Å². The lowest BCUT2D eigenvalue weighted by molar-refractivity contribution is 0.158. The zero-order chi connectivity index (χ0) is 11.3. The number of hydrogen-bond acceptors (Lipinski definition) is 3. The summed E-state index contributed by atoms with van der Waals surface area (Å²) >= 11 is 0. The summed E-state index contributed by atoms with van der Waals surface area (Å²) in [5.74, 6) is 0. The highest BCUT2D eigenvalue weighted by molar-refractivity contribution is 4.77. The summed E-state index contributed by atoms with van der Waals surface area (Å²) in [4.78, 5) is 2.41. The van der Waals surface area contributed by atoms with Gasteiger partial charge in [-0.15, -0.1) is 0 Å². The SMILES string of the molecule is CCC(C)(C)NCCN(C)C1CCOC1. The summed E-state index contributed by atoms with van der Waals surface area (Å²) in [5, 5.41) is 3.58. The van der Waals surface area contributed by atoms with Gasteiger partial charge in [0.15, 0.2) is 0 Å². The third-order valence-corrected chi connectivity index (χ3v) is 3.48. The van der Waals surface area contributed by atoms with Crippen LogP contribution in [0.4, 0.5) is 0 Å². The van der Waals surface area contributed by atoms with Gasteiger partial charge in [-0.05, 0) is 33.7 Å². The van der Waals surface area contributed by atoms with Crippen LogP contribution in [-0.4, -0.2) is 49.8 Å². The van der Waals surface area contributed by atoms with Gasteiger partial charge in [0.2, 0.25) is 0 Å². The fourth-order valence-electron chi connectivity index (χ4n) is 1.75. The Balaban J connectivity index is 2.13. The van der Waals surface area contributed by atoms with Crippen LogP contribution in [0.1, 0.15) is 33.6 Å². The van der Waals surface area contributed by atoms with Crippen molar-refractivity contribution in [3.05, 3.63) is 0 Å². The van der Waals surface area contributed by atoms with Crippen molar-refractivity contribution in [3.63, 3.8) is 0 Å². The van der Waals surface area contributed by atoms with E-state index in [1.54, 1.807) is 0 Å². The van der Waals surface area contributed by atoms with Gasteiger partial charge in [0.05, 0.1) is 6.61 Å². The molecule has 1 saturated heterocycles. The Bertz CT molecular complexity index is 176. The van der Waals surface area contributed by atoms with Crippen molar-refractivity contribution in [2.45, 2.75) is 45.2 Å². The molecule has 0 aliphatic carbocycles. The first kappa shape index (κ1) is 12.9. The average molecular weight is 214 g/mol. The summed E-state index contributed by atoms with van der Waals surface area (Å²) in [7, 11) is 2.19. The summed E-state index contributed by atoms with van der Waals surface area (Å²) in [5.41, 5.74) is 0.271. The molecule has 1 unspecified atom stereocenters. The Hall–Kier alpha value is -0.120. The summed E-state index contributed by atoms with van der Waals surface area (Å²) in [6.45, 7) is 10.8. The molecule has 90 valence electrons. The minimum atomic E-state index is 0.271. The molecule has 0 spiro atoms. The largest absolute Gasteiger partial charge is 0.380 e. The van der Waals surface area contributed by atoms with Crippen molar-refractivity contribution in [1.29, 1.82) is 0 Å². The van der Waals surface area contributed by atoms with Crippen LogP contribution in [0, 0.1) is 0 Å². The van der Waals surface area contributed by atoms with Gasteiger partial charge in [0.25, 0.3) is 0 Å². The zero-order valence-corrected chi connectivity index (χ0v) is 10.7. The summed E-state index contributed by atoms with van der Waals surface area (Å²) < 4.78 is 5.38. The molecule has 1 heterocycles. The van der Waals surface area contributed by atoms with Gasteiger partial charge in [-0.3, -0.25) is 4.90 Å². The number of rotatable bonds is 6. The lowest BCUT2D eigenvalue weighted by atomic mass is 10.0. The maximum atomic E-state index is 5.38. The molecule has 0 aromatic heterocycles. The summed E-state index contributed by atoms with van der Waals surface area (Å²) in [6, 6.07) is 0.636. The van der Waals surface area contributed by atoms with Crippen LogP contribution >= 0.6 is 0 Å². The van der Waals surface area contributed by atoms with E-state index in [0.717, 1.165) is 26.3 Å². The first-order chi connectivity index (χ1) is 7.05. The zero-order valence-electron chi connectivity index (χ0n) is 10.7. The second-order valence-electron chi connectivity index (χ2n) is 5.16. The monoisotopic (exact) mass is 214 g/mol. The van der Waals surface area contributed by atoms with E-state index in [1.165, 1.54) is 12.8 Å². The van der Waals surface area contributed by atoms with Crippen LogP contribution in [0.15, 0.2) is 0 Å². The van der Waals surface area contributed by atoms with Crippen molar-refractivity contribution < 1.29 is 4.74 Å². The van der Waals surface area contributed by atoms with Crippen LogP contribution in [0.5, 0.6) is 0 Å². The standard InChI is InChI=1S/C12H26N2O/c1-5-12(2,3)13-7-8-14(4)11-6-9-15-10-11/h11,13H,5-10H2,1-4H3. The first-order valence-corrected chi connectivity index (χ1v) is 6.08. The third-order valence-electron chi connectivity index (χ3n) is 3.48. The molecular weight excluding hydrogens is 188 g/mol. The molecule has 0 aromatic carbocycles. The molecule has 0 amide bonds. The van der Waals surface area contributed by atoms with Gasteiger partial charge in [-0.25, -0.2) is 0 Å². The highest BCUT2D eigenvalue weighted by Crippen LogP contribution is 2.10. The summed E-state index contributed by atoms with van der Waals surface area (Å²) in [6.07, 6.45) is 2.36. The number of nitrogens with zero attached hydrogens (tertiary/aromatic N) is 1. The quantitative estimate of drug-likeness (QED) is 0.725. The second-order valence-corrected chi connectivity index (χ2v) is 5.16. The van der Waals surface area contributed by atoms with Crippen LogP contribution in [-0.2, 0) is 4.74 Å². The van der Waals surface area contributed by atoms with Crippen molar-refractivity contribution in [3.8, 4) is 0 Å². The van der Waals surface area contributed by atoms with Crippen LogP contribution in [0.3, 0.4) is 0 Å². The Morgan fingerprint density at radius 1 is 1.47 bits per heavy atom. The van der Waals surface area contributed by atoms with E-state index < -0.39 is 0 Å². The fraction of sp³-hybridized carbons (Fsp3) is 1.00. The molecule has 1 atom stereocenters. The van der Waals surface area contributed by atoms with Crippen LogP contribution < -0.4 is 5.32 Å². The smallest absolute Gasteiger partial charge is 0.0622 e. The Morgan fingerprint density at radius 2 is 2.20 bits per heavy atom. The normalized spacial score (nSPS) is 22.6. The van der Waals surface area contributed by atoms with Crippen molar-refractivity contribution in [2.24, 2.45) is 0 Å². The lowest BCUT2D eigenvalue weighted by Gasteiger charge is -2.28. The van der Waals surface area contributed by atoms with E-state index in [0.29, 0.717) is 6.04 Å². The molecule has 15 heavy (non-hydrogen) atoms. The first-order valence-electron chi connectivity index (χ1n) is 6.08. The lowest BCUT2D eigenvalue weighted by Crippen LogP contribution is -2.44. The van der Waals surface area contributed by atoms with Crippen molar-refractivity contribution in [1.82, 2.24) is 10.2 Å². The molecule has 1 rings (SSSR count). The molecule has 1 fully saturated rings. The maximum absolute atomic E-state index is 5.38. The molecule has 0 bridgehead atoms. The van der Waals surface area contributed by atoms with E-state index in [4.69, 9.17) is 4.74 Å². The molecule has 1 N–H and O–H groups in total. The topological polar surface area (TPSA) is 24.5 Å². The van der Waals surface area contributed by atoms with Crippen LogP contribution in [0.25, 0.3) is 0 Å². The highest BCUT2D eigenvalue weighted by Gasteiger charge is 2.20. The Labute approximate surface area is 94.2 Å². The average Bonchev–Trinajstić information content (AvgIpc) is 2.70. The van der Waals surface area contributed by atoms with Gasteiger partial charge in [0.1, 0.15) is 0 Å². The van der Waals surface area contributed by atoms with Gasteiger partial charge in [-0.2, -0.15) is 0 Å². The number of nitrogens with one attached hydrogen (secondary N) is 1. The molecule has 3 nitrogen and oxygen atoms in total. The Morgan fingerprint density at radius 3 is 2.73 bits per heavy atom. The van der Waals surface area contributed by atoms with E-state index in [9.17, 15) is 0 Å². The van der Waals surface area contributed by atoms with Crippen LogP contribution in [0.2, 0.25) is 0 Å². The minimum Gasteiger partial charge on any atom is -0.380 e. The third kappa shape index (κ3) is 4.49. The van der Waals surface area contributed by atoms with Gasteiger partial charge in [-0.1, -0.05) is 6.92 Å². The van der Waals surface area contributed by atoms with E-state index in [-0.39, 0.29) is 5.54 Å². The Kier molecular flexibility index (Phi) is 5.03. The van der Waals surface area contributed by atoms with E-state index >= 15 is 0 Å². The minimum absolute atomic E-state index is 0.271. The van der Waals surface area contributed by atoms with E-state index in [2.05, 4.69) is 38.0 Å². The molecule has 0 saturated carbocycles. The number of hydrogen-bond donors (Lipinski definition) is 1. The molecule has 1 aliphatic heterocycles. The molecule has 3 heteroatoms. The predicted octanol–water partition coefficient (Wildman–Crippen LogP) is 1.49. The molecular formula is C12H26N2O. The maximum Gasteiger partial charge on any atom is 0.0622 e.